The molecule has 1 N–H and O–H groups in total. The largest absolute Gasteiger partial charge is 0.480 e. The SMILES string of the molecule is CCC1Oc2ccc(NC(=O)c3ccc(F)cc3F)cc2CN(Cc2ccc(F)cc2)C1=O. The lowest BCUT2D eigenvalue weighted by Gasteiger charge is -2.23. The molecule has 2 amide bonds. The molecule has 5 nitrogen and oxygen atoms in total. The van der Waals surface area contributed by atoms with Gasteiger partial charge in [0.05, 0.1) is 5.56 Å². The quantitative estimate of drug-likeness (QED) is 0.587. The number of carbonyl (C=O) groups is 2. The van der Waals surface area contributed by atoms with E-state index < -0.39 is 23.6 Å². The molecule has 0 radical (unpaired) electrons. The standard InChI is InChI=1S/C25H21F3N2O3/c1-2-22-25(32)30(13-15-3-5-17(26)6-4-15)14-16-11-19(8-10-23(16)33-22)29-24(31)20-9-7-18(27)12-21(20)28/h3-12,22H,2,13-14H2,1H3,(H,29,31). The first kappa shape index (κ1) is 22.4. The number of carbonyl (C=O) groups excluding carboxylic acids is 2. The van der Waals surface area contributed by atoms with Crippen molar-refractivity contribution in [1.29, 1.82) is 0 Å². The Bertz CT molecular complexity index is 1200. The number of hydrogen-bond acceptors (Lipinski definition) is 3. The monoisotopic (exact) mass is 454 g/mol. The van der Waals surface area contributed by atoms with E-state index in [-0.39, 0.29) is 30.4 Å². The third-order valence-electron chi connectivity index (χ3n) is 5.37. The summed E-state index contributed by atoms with van der Waals surface area (Å²) >= 11 is 0. The van der Waals surface area contributed by atoms with Crippen molar-refractivity contribution in [3.05, 3.63) is 94.8 Å². The molecule has 0 aromatic heterocycles. The number of anilines is 1. The number of nitrogens with one attached hydrogen (secondary N) is 1. The van der Waals surface area contributed by atoms with E-state index in [0.29, 0.717) is 29.5 Å². The number of benzene rings is 3. The minimum Gasteiger partial charge on any atom is -0.480 e. The Morgan fingerprint density at radius 2 is 1.76 bits per heavy atom. The van der Waals surface area contributed by atoms with Gasteiger partial charge in [-0.1, -0.05) is 19.1 Å². The third-order valence-corrected chi connectivity index (χ3v) is 5.37. The van der Waals surface area contributed by atoms with Gasteiger partial charge >= 0.3 is 0 Å². The van der Waals surface area contributed by atoms with Crippen LogP contribution in [-0.4, -0.2) is 22.8 Å². The van der Waals surface area contributed by atoms with Gasteiger partial charge in [-0.3, -0.25) is 9.59 Å². The minimum absolute atomic E-state index is 0.197. The van der Waals surface area contributed by atoms with Gasteiger partial charge in [0.25, 0.3) is 11.8 Å². The van der Waals surface area contributed by atoms with E-state index in [1.165, 1.54) is 12.1 Å². The molecule has 1 heterocycles. The third kappa shape index (κ3) is 5.00. The average molecular weight is 454 g/mol. The summed E-state index contributed by atoms with van der Waals surface area (Å²) in [7, 11) is 0. The summed E-state index contributed by atoms with van der Waals surface area (Å²) in [6.07, 6.45) is -0.221. The lowest BCUT2D eigenvalue weighted by molar-refractivity contribution is -0.139. The second-order valence-corrected chi connectivity index (χ2v) is 7.74. The summed E-state index contributed by atoms with van der Waals surface area (Å²) < 4.78 is 46.3. The van der Waals surface area contributed by atoms with E-state index in [9.17, 15) is 22.8 Å². The highest BCUT2D eigenvalue weighted by molar-refractivity contribution is 6.04. The molecule has 0 saturated heterocycles. The number of halogens is 3. The molecule has 0 saturated carbocycles. The van der Waals surface area contributed by atoms with E-state index in [2.05, 4.69) is 5.32 Å². The van der Waals surface area contributed by atoms with Crippen LogP contribution in [0, 0.1) is 17.5 Å². The molecule has 170 valence electrons. The fourth-order valence-electron chi connectivity index (χ4n) is 3.66. The number of ether oxygens (including phenoxy) is 1. The van der Waals surface area contributed by atoms with Crippen LogP contribution in [0.5, 0.6) is 5.75 Å². The zero-order valence-electron chi connectivity index (χ0n) is 17.8. The van der Waals surface area contributed by atoms with Crippen LogP contribution in [0.3, 0.4) is 0 Å². The number of fused-ring (bicyclic) bond motifs is 1. The first-order valence-electron chi connectivity index (χ1n) is 10.4. The molecule has 1 aliphatic rings. The van der Waals surface area contributed by atoms with Crippen LogP contribution in [-0.2, 0) is 17.9 Å². The summed E-state index contributed by atoms with van der Waals surface area (Å²) in [5, 5.41) is 2.59. The predicted octanol–water partition coefficient (Wildman–Crippen LogP) is 5.06. The van der Waals surface area contributed by atoms with Crippen LogP contribution < -0.4 is 10.1 Å². The van der Waals surface area contributed by atoms with Crippen molar-refractivity contribution in [3.63, 3.8) is 0 Å². The van der Waals surface area contributed by atoms with Crippen molar-refractivity contribution < 1.29 is 27.5 Å². The van der Waals surface area contributed by atoms with Crippen molar-refractivity contribution in [2.45, 2.75) is 32.5 Å². The molecule has 33 heavy (non-hydrogen) atoms. The Balaban J connectivity index is 1.59. The van der Waals surface area contributed by atoms with Gasteiger partial charge in [-0.15, -0.1) is 0 Å². The Labute approximate surface area is 188 Å². The van der Waals surface area contributed by atoms with Gasteiger partial charge in [0, 0.05) is 30.4 Å². The second-order valence-electron chi connectivity index (χ2n) is 7.74. The summed E-state index contributed by atoms with van der Waals surface area (Å²) in [6.45, 7) is 2.31. The molecule has 0 aliphatic carbocycles. The molecule has 0 fully saturated rings. The smallest absolute Gasteiger partial charge is 0.264 e. The highest BCUT2D eigenvalue weighted by atomic mass is 19.1. The number of rotatable bonds is 5. The van der Waals surface area contributed by atoms with E-state index in [0.717, 1.165) is 17.7 Å². The molecule has 3 aromatic carbocycles. The fourth-order valence-corrected chi connectivity index (χ4v) is 3.66. The number of hydrogen-bond donors (Lipinski definition) is 1. The van der Waals surface area contributed by atoms with Gasteiger partial charge in [-0.05, 0) is 54.4 Å². The van der Waals surface area contributed by atoms with Crippen molar-refractivity contribution >= 4 is 17.5 Å². The fraction of sp³-hybridized carbons (Fsp3) is 0.200. The average Bonchev–Trinajstić information content (AvgIpc) is 2.91. The van der Waals surface area contributed by atoms with Crippen LogP contribution in [0.4, 0.5) is 18.9 Å². The van der Waals surface area contributed by atoms with Crippen molar-refractivity contribution in [1.82, 2.24) is 4.90 Å². The summed E-state index contributed by atoms with van der Waals surface area (Å²) in [5.41, 5.74) is 1.50. The molecule has 3 aromatic rings. The zero-order chi connectivity index (χ0) is 23.5. The Morgan fingerprint density at radius 3 is 2.45 bits per heavy atom. The van der Waals surface area contributed by atoms with Crippen LogP contribution in [0.2, 0.25) is 0 Å². The lowest BCUT2D eigenvalue weighted by Crippen LogP contribution is -2.38. The van der Waals surface area contributed by atoms with E-state index in [1.807, 2.05) is 6.92 Å². The Hall–Kier alpha value is -3.81. The van der Waals surface area contributed by atoms with E-state index in [4.69, 9.17) is 4.74 Å². The summed E-state index contributed by atoms with van der Waals surface area (Å²) in [6, 6.07) is 13.5. The Kier molecular flexibility index (Phi) is 6.35. The van der Waals surface area contributed by atoms with Crippen molar-refractivity contribution in [3.8, 4) is 5.75 Å². The maximum absolute atomic E-state index is 14.0. The van der Waals surface area contributed by atoms with Crippen molar-refractivity contribution in [2.24, 2.45) is 0 Å². The topological polar surface area (TPSA) is 58.6 Å². The van der Waals surface area contributed by atoms with Crippen LogP contribution in [0.1, 0.15) is 34.8 Å². The van der Waals surface area contributed by atoms with Crippen molar-refractivity contribution in [2.75, 3.05) is 5.32 Å². The van der Waals surface area contributed by atoms with Gasteiger partial charge in [0.2, 0.25) is 0 Å². The molecular formula is C25H21F3N2O3. The first-order valence-corrected chi connectivity index (χ1v) is 10.4. The molecule has 0 bridgehead atoms. The molecule has 8 heteroatoms. The normalized spacial score (nSPS) is 15.5. The maximum atomic E-state index is 14.0. The van der Waals surface area contributed by atoms with Crippen LogP contribution >= 0.6 is 0 Å². The number of nitrogens with zero attached hydrogens (tertiary/aromatic N) is 1. The second kappa shape index (κ2) is 9.36. The highest BCUT2D eigenvalue weighted by Gasteiger charge is 2.30. The first-order chi connectivity index (χ1) is 15.8. The zero-order valence-corrected chi connectivity index (χ0v) is 17.8. The Morgan fingerprint density at radius 1 is 1.03 bits per heavy atom. The molecule has 1 unspecified atom stereocenters. The van der Waals surface area contributed by atoms with Gasteiger partial charge < -0.3 is 15.0 Å². The predicted molar refractivity (Wildman–Crippen MR) is 116 cm³/mol. The highest BCUT2D eigenvalue weighted by Crippen LogP contribution is 2.30. The molecule has 0 spiro atoms. The van der Waals surface area contributed by atoms with E-state index in [1.54, 1.807) is 35.2 Å². The molecule has 1 atom stereocenters. The van der Waals surface area contributed by atoms with Gasteiger partial charge in [0.1, 0.15) is 23.2 Å². The van der Waals surface area contributed by atoms with Gasteiger partial charge in [-0.25, -0.2) is 13.2 Å². The van der Waals surface area contributed by atoms with E-state index >= 15 is 0 Å². The molecule has 4 rings (SSSR count). The minimum atomic E-state index is -0.965. The van der Waals surface area contributed by atoms with Crippen LogP contribution in [0.25, 0.3) is 0 Å². The maximum Gasteiger partial charge on any atom is 0.264 e. The van der Waals surface area contributed by atoms with Gasteiger partial charge in [0.15, 0.2) is 6.10 Å². The van der Waals surface area contributed by atoms with Crippen LogP contribution in [0.15, 0.2) is 60.7 Å². The lowest BCUT2D eigenvalue weighted by atomic mass is 10.1. The molecule has 1 aliphatic heterocycles. The number of amides is 2. The van der Waals surface area contributed by atoms with Gasteiger partial charge in [-0.2, -0.15) is 0 Å². The molecular weight excluding hydrogens is 433 g/mol. The summed E-state index contributed by atoms with van der Waals surface area (Å²) in [5.74, 6) is -2.53. The summed E-state index contributed by atoms with van der Waals surface area (Å²) in [4.78, 5) is 27.1.